The first kappa shape index (κ1) is 17.2. The summed E-state index contributed by atoms with van der Waals surface area (Å²) in [5.41, 5.74) is 0.404. The number of aromatic nitrogens is 2. The Balaban J connectivity index is 2.01. The van der Waals surface area contributed by atoms with Crippen molar-refractivity contribution in [3.63, 3.8) is 0 Å². The van der Waals surface area contributed by atoms with Crippen LogP contribution in [-0.2, 0) is 4.79 Å². The number of carbonyl (C=O) groups excluding carboxylic acids is 2. The molecule has 0 radical (unpaired) electrons. The van der Waals surface area contributed by atoms with Crippen molar-refractivity contribution in [2.45, 2.75) is 33.1 Å². The Kier molecular flexibility index (Phi) is 6.31. The molecule has 0 aromatic carbocycles. The van der Waals surface area contributed by atoms with Crippen molar-refractivity contribution in [1.82, 2.24) is 20.2 Å². The van der Waals surface area contributed by atoms with Crippen molar-refractivity contribution in [3.05, 3.63) is 17.6 Å². The fourth-order valence-electron chi connectivity index (χ4n) is 2.55. The highest BCUT2D eigenvalue weighted by Gasteiger charge is 2.19. The van der Waals surface area contributed by atoms with E-state index in [2.05, 4.69) is 27.1 Å². The molecule has 1 aliphatic heterocycles. The number of amides is 2. The van der Waals surface area contributed by atoms with E-state index in [0.29, 0.717) is 44.2 Å². The summed E-state index contributed by atoms with van der Waals surface area (Å²) in [6.07, 6.45) is 4.08. The predicted octanol–water partition coefficient (Wildman–Crippen LogP) is 0.983. The summed E-state index contributed by atoms with van der Waals surface area (Å²) in [7, 11) is 0. The number of carbonyl (C=O) groups is 2. The van der Waals surface area contributed by atoms with Gasteiger partial charge in [0.05, 0.1) is 0 Å². The number of hydrogen-bond acceptors (Lipinski definition) is 5. The van der Waals surface area contributed by atoms with Gasteiger partial charge in [0.25, 0.3) is 5.91 Å². The van der Waals surface area contributed by atoms with Crippen molar-refractivity contribution in [2.24, 2.45) is 0 Å². The Hall–Kier alpha value is -2.18. The maximum Gasteiger partial charge on any atom is 0.270 e. The summed E-state index contributed by atoms with van der Waals surface area (Å²) in [5.74, 6) is 1.18. The highest BCUT2D eigenvalue weighted by molar-refractivity contribution is 5.92. The zero-order valence-electron chi connectivity index (χ0n) is 13.9. The lowest BCUT2D eigenvalue weighted by Gasteiger charge is -2.33. The molecule has 2 amide bonds. The SMILES string of the molecule is CCCCCNC(=O)c1cc(N2CCN(C=O)CC2)nc(C)n1. The zero-order chi connectivity index (χ0) is 16.7. The number of hydrogen-bond donors (Lipinski definition) is 1. The van der Waals surface area contributed by atoms with Crippen LogP contribution in [0, 0.1) is 6.92 Å². The van der Waals surface area contributed by atoms with Crippen LogP contribution >= 0.6 is 0 Å². The van der Waals surface area contributed by atoms with E-state index < -0.39 is 0 Å². The van der Waals surface area contributed by atoms with Gasteiger partial charge in [-0.2, -0.15) is 0 Å². The molecule has 0 aliphatic carbocycles. The molecular weight excluding hydrogens is 294 g/mol. The van der Waals surface area contributed by atoms with Gasteiger partial charge in [0.1, 0.15) is 17.3 Å². The molecule has 0 unspecified atom stereocenters. The second-order valence-electron chi connectivity index (χ2n) is 5.75. The van der Waals surface area contributed by atoms with Crippen LogP contribution in [0.1, 0.15) is 42.5 Å². The smallest absolute Gasteiger partial charge is 0.270 e. The molecule has 2 rings (SSSR count). The van der Waals surface area contributed by atoms with Gasteiger partial charge in [-0.15, -0.1) is 0 Å². The third kappa shape index (κ3) is 4.91. The van der Waals surface area contributed by atoms with E-state index in [1.807, 2.05) is 0 Å². The molecule has 23 heavy (non-hydrogen) atoms. The highest BCUT2D eigenvalue weighted by Crippen LogP contribution is 2.15. The summed E-state index contributed by atoms with van der Waals surface area (Å²) in [5, 5.41) is 2.91. The summed E-state index contributed by atoms with van der Waals surface area (Å²) < 4.78 is 0. The molecule has 1 aromatic rings. The first-order valence-electron chi connectivity index (χ1n) is 8.22. The summed E-state index contributed by atoms with van der Waals surface area (Å²) in [6.45, 7) is 7.37. The third-order valence-electron chi connectivity index (χ3n) is 3.91. The maximum absolute atomic E-state index is 12.2. The van der Waals surface area contributed by atoms with Crippen LogP contribution in [0.25, 0.3) is 0 Å². The van der Waals surface area contributed by atoms with E-state index in [1.54, 1.807) is 17.9 Å². The van der Waals surface area contributed by atoms with E-state index in [4.69, 9.17) is 0 Å². The molecular formula is C16H25N5O2. The number of nitrogens with zero attached hydrogens (tertiary/aromatic N) is 4. The standard InChI is InChI=1S/C16H25N5O2/c1-3-4-5-6-17-16(23)14-11-15(19-13(2)18-14)21-9-7-20(12-22)8-10-21/h11-12H,3-10H2,1-2H3,(H,17,23). The summed E-state index contributed by atoms with van der Waals surface area (Å²) >= 11 is 0. The van der Waals surface area contributed by atoms with E-state index in [0.717, 1.165) is 31.5 Å². The summed E-state index contributed by atoms with van der Waals surface area (Å²) in [4.78, 5) is 35.5. The van der Waals surface area contributed by atoms with Crippen molar-refractivity contribution in [1.29, 1.82) is 0 Å². The molecule has 1 fully saturated rings. The fraction of sp³-hybridized carbons (Fsp3) is 0.625. The molecule has 0 spiro atoms. The summed E-state index contributed by atoms with van der Waals surface area (Å²) in [6, 6.07) is 1.73. The van der Waals surface area contributed by atoms with Crippen LogP contribution in [-0.4, -0.2) is 59.9 Å². The van der Waals surface area contributed by atoms with E-state index in [-0.39, 0.29) is 5.91 Å². The predicted molar refractivity (Wildman–Crippen MR) is 88.5 cm³/mol. The lowest BCUT2D eigenvalue weighted by Crippen LogP contribution is -2.46. The first-order chi connectivity index (χ1) is 11.1. The molecule has 7 heteroatoms. The number of anilines is 1. The molecule has 126 valence electrons. The van der Waals surface area contributed by atoms with Crippen molar-refractivity contribution in [3.8, 4) is 0 Å². The van der Waals surface area contributed by atoms with Crippen LogP contribution in [0.5, 0.6) is 0 Å². The zero-order valence-corrected chi connectivity index (χ0v) is 13.9. The van der Waals surface area contributed by atoms with Crippen molar-refractivity contribution < 1.29 is 9.59 Å². The largest absolute Gasteiger partial charge is 0.353 e. The second-order valence-corrected chi connectivity index (χ2v) is 5.75. The Morgan fingerprint density at radius 2 is 2.00 bits per heavy atom. The molecule has 1 N–H and O–H groups in total. The van der Waals surface area contributed by atoms with Crippen LogP contribution in [0.15, 0.2) is 6.07 Å². The average Bonchev–Trinajstić information content (AvgIpc) is 2.58. The van der Waals surface area contributed by atoms with Gasteiger partial charge in [0.2, 0.25) is 6.41 Å². The van der Waals surface area contributed by atoms with Gasteiger partial charge < -0.3 is 15.1 Å². The van der Waals surface area contributed by atoms with Gasteiger partial charge in [0.15, 0.2) is 0 Å². The number of piperazine rings is 1. The van der Waals surface area contributed by atoms with E-state index >= 15 is 0 Å². The number of unbranched alkanes of at least 4 members (excludes halogenated alkanes) is 2. The molecule has 1 aromatic heterocycles. The molecule has 1 saturated heterocycles. The monoisotopic (exact) mass is 319 g/mol. The minimum Gasteiger partial charge on any atom is -0.353 e. The average molecular weight is 319 g/mol. The van der Waals surface area contributed by atoms with Crippen LogP contribution < -0.4 is 10.2 Å². The third-order valence-corrected chi connectivity index (χ3v) is 3.91. The second kappa shape index (κ2) is 8.45. The van der Waals surface area contributed by atoms with Crippen molar-refractivity contribution >= 4 is 18.1 Å². The lowest BCUT2D eigenvalue weighted by molar-refractivity contribution is -0.118. The lowest BCUT2D eigenvalue weighted by atomic mass is 10.2. The Morgan fingerprint density at radius 1 is 1.26 bits per heavy atom. The normalized spacial score (nSPS) is 14.7. The number of nitrogens with one attached hydrogen (secondary N) is 1. The highest BCUT2D eigenvalue weighted by atomic mass is 16.2. The molecule has 1 aliphatic rings. The van der Waals surface area contributed by atoms with E-state index in [9.17, 15) is 9.59 Å². The molecule has 2 heterocycles. The van der Waals surface area contributed by atoms with Crippen molar-refractivity contribution in [2.75, 3.05) is 37.6 Å². The fourth-order valence-corrected chi connectivity index (χ4v) is 2.55. The Bertz CT molecular complexity index is 541. The van der Waals surface area contributed by atoms with Crippen LogP contribution in [0.2, 0.25) is 0 Å². The van der Waals surface area contributed by atoms with Crippen LogP contribution in [0.3, 0.4) is 0 Å². The minimum atomic E-state index is -0.153. The quantitative estimate of drug-likeness (QED) is 0.599. The topological polar surface area (TPSA) is 78.4 Å². The molecule has 0 atom stereocenters. The van der Waals surface area contributed by atoms with Gasteiger partial charge in [-0.05, 0) is 13.3 Å². The maximum atomic E-state index is 12.2. The van der Waals surface area contributed by atoms with Crippen LogP contribution in [0.4, 0.5) is 5.82 Å². The van der Waals surface area contributed by atoms with E-state index in [1.165, 1.54) is 0 Å². The van der Waals surface area contributed by atoms with Gasteiger partial charge in [-0.3, -0.25) is 9.59 Å². The van der Waals surface area contributed by atoms with Gasteiger partial charge in [0, 0.05) is 38.8 Å². The van der Waals surface area contributed by atoms with Gasteiger partial charge in [-0.1, -0.05) is 19.8 Å². The Labute approximate surface area is 137 Å². The minimum absolute atomic E-state index is 0.153. The first-order valence-corrected chi connectivity index (χ1v) is 8.22. The molecule has 0 saturated carbocycles. The molecule has 7 nitrogen and oxygen atoms in total. The molecule has 0 bridgehead atoms. The van der Waals surface area contributed by atoms with Gasteiger partial charge >= 0.3 is 0 Å². The number of aryl methyl sites for hydroxylation is 1. The van der Waals surface area contributed by atoms with Gasteiger partial charge in [-0.25, -0.2) is 9.97 Å². The number of rotatable bonds is 7. The Morgan fingerprint density at radius 3 is 2.65 bits per heavy atom.